The first kappa shape index (κ1) is 17.0. The molecule has 0 unspecified atom stereocenters. The maximum atomic E-state index is 12.7. The van der Waals surface area contributed by atoms with Crippen LogP contribution in [0.3, 0.4) is 0 Å². The highest BCUT2D eigenvalue weighted by molar-refractivity contribution is 6.31. The minimum Gasteiger partial charge on any atom is -0.496 e. The van der Waals surface area contributed by atoms with Gasteiger partial charge in [-0.2, -0.15) is 0 Å². The van der Waals surface area contributed by atoms with Crippen molar-refractivity contribution in [3.8, 4) is 5.75 Å². The van der Waals surface area contributed by atoms with E-state index in [9.17, 15) is 9.59 Å². The second-order valence-electron chi connectivity index (χ2n) is 5.54. The van der Waals surface area contributed by atoms with Crippen LogP contribution in [0, 0.1) is 0 Å². The van der Waals surface area contributed by atoms with Crippen molar-refractivity contribution in [2.45, 2.75) is 6.54 Å². The SMILES string of the molecule is COc1ccc(Cl)cc1C(=O)N(C)Cc1nc2ccccc2c(=O)[nH]1. The van der Waals surface area contributed by atoms with Crippen molar-refractivity contribution in [2.24, 2.45) is 0 Å². The second-order valence-corrected chi connectivity index (χ2v) is 5.97. The van der Waals surface area contributed by atoms with E-state index in [0.717, 1.165) is 0 Å². The van der Waals surface area contributed by atoms with Gasteiger partial charge >= 0.3 is 0 Å². The third kappa shape index (κ3) is 3.49. The second kappa shape index (κ2) is 6.94. The molecule has 0 spiro atoms. The molecule has 1 amide bonds. The van der Waals surface area contributed by atoms with Gasteiger partial charge in [0.25, 0.3) is 11.5 Å². The molecule has 3 aromatic rings. The summed E-state index contributed by atoms with van der Waals surface area (Å²) in [6.45, 7) is 0.147. The van der Waals surface area contributed by atoms with E-state index in [1.165, 1.54) is 12.0 Å². The van der Waals surface area contributed by atoms with Gasteiger partial charge in [0.05, 0.1) is 30.1 Å². The van der Waals surface area contributed by atoms with Crippen LogP contribution in [-0.2, 0) is 6.54 Å². The Morgan fingerprint density at radius 2 is 2.04 bits per heavy atom. The highest BCUT2D eigenvalue weighted by atomic mass is 35.5. The van der Waals surface area contributed by atoms with E-state index in [4.69, 9.17) is 16.3 Å². The lowest BCUT2D eigenvalue weighted by atomic mass is 10.1. The predicted molar refractivity (Wildman–Crippen MR) is 96.2 cm³/mol. The number of aromatic nitrogens is 2. The number of methoxy groups -OCH3 is 1. The van der Waals surface area contributed by atoms with Crippen molar-refractivity contribution in [1.82, 2.24) is 14.9 Å². The summed E-state index contributed by atoms with van der Waals surface area (Å²) in [5.74, 6) is 0.553. The smallest absolute Gasteiger partial charge is 0.258 e. The number of para-hydroxylation sites is 1. The standard InChI is InChI=1S/C18H16ClN3O3/c1-22(18(24)13-9-11(19)7-8-15(13)25-2)10-16-20-14-6-4-3-5-12(14)17(23)21-16/h3-9H,10H2,1-2H3,(H,20,21,23). The molecule has 0 fully saturated rings. The fourth-order valence-corrected chi connectivity index (χ4v) is 2.73. The zero-order chi connectivity index (χ0) is 18.0. The number of H-pyrrole nitrogens is 1. The van der Waals surface area contributed by atoms with Gasteiger partial charge in [0.1, 0.15) is 11.6 Å². The fraction of sp³-hybridized carbons (Fsp3) is 0.167. The molecule has 25 heavy (non-hydrogen) atoms. The molecule has 0 atom stereocenters. The number of amides is 1. The van der Waals surface area contributed by atoms with Gasteiger partial charge in [-0.25, -0.2) is 4.98 Å². The summed E-state index contributed by atoms with van der Waals surface area (Å²) < 4.78 is 5.22. The van der Waals surface area contributed by atoms with Crippen LogP contribution < -0.4 is 10.3 Å². The van der Waals surface area contributed by atoms with Crippen molar-refractivity contribution in [2.75, 3.05) is 14.2 Å². The third-order valence-corrected chi connectivity index (χ3v) is 4.02. The highest BCUT2D eigenvalue weighted by Crippen LogP contribution is 2.24. The topological polar surface area (TPSA) is 75.3 Å². The Kier molecular flexibility index (Phi) is 4.72. The summed E-state index contributed by atoms with van der Waals surface area (Å²) in [7, 11) is 3.11. The van der Waals surface area contributed by atoms with Crippen molar-refractivity contribution in [3.05, 3.63) is 69.2 Å². The molecule has 6 nitrogen and oxygen atoms in total. The molecule has 7 heteroatoms. The zero-order valence-corrected chi connectivity index (χ0v) is 14.5. The summed E-state index contributed by atoms with van der Waals surface area (Å²) in [4.78, 5) is 33.4. The van der Waals surface area contributed by atoms with E-state index in [0.29, 0.717) is 33.1 Å². The minimum absolute atomic E-state index is 0.147. The fourth-order valence-electron chi connectivity index (χ4n) is 2.56. The quantitative estimate of drug-likeness (QED) is 0.779. The van der Waals surface area contributed by atoms with Crippen LogP contribution in [0.4, 0.5) is 0 Å². The first-order valence-corrected chi connectivity index (χ1v) is 7.94. The zero-order valence-electron chi connectivity index (χ0n) is 13.7. The Morgan fingerprint density at radius 1 is 1.28 bits per heavy atom. The maximum absolute atomic E-state index is 12.7. The van der Waals surface area contributed by atoms with Crippen molar-refractivity contribution >= 4 is 28.4 Å². The van der Waals surface area contributed by atoms with Gasteiger partial charge in [0.15, 0.2) is 0 Å². The number of halogens is 1. The Bertz CT molecular complexity index is 1000. The molecule has 0 aliphatic carbocycles. The number of rotatable bonds is 4. The number of fused-ring (bicyclic) bond motifs is 1. The lowest BCUT2D eigenvalue weighted by Crippen LogP contribution is -2.28. The summed E-state index contributed by atoms with van der Waals surface area (Å²) in [5, 5.41) is 0.950. The number of carbonyl (C=O) groups is 1. The molecular formula is C18H16ClN3O3. The summed E-state index contributed by atoms with van der Waals surface area (Å²) in [6, 6.07) is 11.9. The van der Waals surface area contributed by atoms with Crippen LogP contribution in [0.25, 0.3) is 10.9 Å². The van der Waals surface area contributed by atoms with Gasteiger partial charge < -0.3 is 14.6 Å². The number of hydrogen-bond donors (Lipinski definition) is 1. The number of nitrogens with one attached hydrogen (secondary N) is 1. The van der Waals surface area contributed by atoms with E-state index >= 15 is 0 Å². The van der Waals surface area contributed by atoms with Crippen LogP contribution in [0.1, 0.15) is 16.2 Å². The van der Waals surface area contributed by atoms with Gasteiger partial charge in [0, 0.05) is 12.1 Å². The molecule has 0 aliphatic heterocycles. The predicted octanol–water partition coefficient (Wildman–Crippen LogP) is 2.86. The Morgan fingerprint density at radius 3 is 2.80 bits per heavy atom. The molecule has 1 heterocycles. The van der Waals surface area contributed by atoms with Crippen LogP contribution in [0.15, 0.2) is 47.3 Å². The van der Waals surface area contributed by atoms with Gasteiger partial charge in [-0.15, -0.1) is 0 Å². The molecule has 1 N–H and O–H groups in total. The molecule has 1 aromatic heterocycles. The molecular weight excluding hydrogens is 342 g/mol. The normalized spacial score (nSPS) is 10.7. The molecule has 0 saturated heterocycles. The van der Waals surface area contributed by atoms with Crippen LogP contribution in [0.2, 0.25) is 5.02 Å². The monoisotopic (exact) mass is 357 g/mol. The molecule has 0 bridgehead atoms. The number of benzene rings is 2. The van der Waals surface area contributed by atoms with E-state index in [1.807, 2.05) is 6.07 Å². The van der Waals surface area contributed by atoms with E-state index < -0.39 is 0 Å². The molecule has 2 aromatic carbocycles. The Balaban J connectivity index is 1.90. The summed E-state index contributed by atoms with van der Waals surface area (Å²) in [5.41, 5.74) is 0.699. The average Bonchev–Trinajstić information content (AvgIpc) is 2.61. The minimum atomic E-state index is -0.282. The lowest BCUT2D eigenvalue weighted by molar-refractivity contribution is 0.0778. The lowest BCUT2D eigenvalue weighted by Gasteiger charge is -2.18. The average molecular weight is 358 g/mol. The third-order valence-electron chi connectivity index (χ3n) is 3.79. The van der Waals surface area contributed by atoms with Gasteiger partial charge in [-0.3, -0.25) is 9.59 Å². The largest absolute Gasteiger partial charge is 0.496 e. The van der Waals surface area contributed by atoms with Crippen molar-refractivity contribution < 1.29 is 9.53 Å². The van der Waals surface area contributed by atoms with Crippen LogP contribution in [-0.4, -0.2) is 34.9 Å². The number of ether oxygens (including phenoxy) is 1. The number of nitrogens with zero attached hydrogens (tertiary/aromatic N) is 2. The number of carbonyl (C=O) groups excluding carboxylic acids is 1. The molecule has 128 valence electrons. The van der Waals surface area contributed by atoms with Gasteiger partial charge in [-0.05, 0) is 30.3 Å². The van der Waals surface area contributed by atoms with E-state index in [1.54, 1.807) is 43.4 Å². The number of aromatic amines is 1. The van der Waals surface area contributed by atoms with Crippen LogP contribution in [0.5, 0.6) is 5.75 Å². The number of hydrogen-bond acceptors (Lipinski definition) is 4. The van der Waals surface area contributed by atoms with Gasteiger partial charge in [-0.1, -0.05) is 23.7 Å². The van der Waals surface area contributed by atoms with Crippen molar-refractivity contribution in [1.29, 1.82) is 0 Å². The van der Waals surface area contributed by atoms with Crippen LogP contribution >= 0.6 is 11.6 Å². The Hall–Kier alpha value is -2.86. The van der Waals surface area contributed by atoms with E-state index in [-0.39, 0.29) is 18.0 Å². The molecule has 0 saturated carbocycles. The molecule has 0 aliphatic rings. The maximum Gasteiger partial charge on any atom is 0.258 e. The molecule has 0 radical (unpaired) electrons. The Labute approximate surface area is 149 Å². The highest BCUT2D eigenvalue weighted by Gasteiger charge is 2.18. The first-order chi connectivity index (χ1) is 12.0. The molecule has 3 rings (SSSR count). The summed E-state index contributed by atoms with van der Waals surface area (Å²) >= 11 is 5.98. The first-order valence-electron chi connectivity index (χ1n) is 7.56. The summed E-state index contributed by atoms with van der Waals surface area (Å²) in [6.07, 6.45) is 0. The van der Waals surface area contributed by atoms with Crippen molar-refractivity contribution in [3.63, 3.8) is 0 Å². The van der Waals surface area contributed by atoms with E-state index in [2.05, 4.69) is 9.97 Å². The van der Waals surface area contributed by atoms with Gasteiger partial charge in [0.2, 0.25) is 0 Å².